The van der Waals surface area contributed by atoms with Crippen LogP contribution in [0.25, 0.3) is 0 Å². The second kappa shape index (κ2) is 3.74. The number of ether oxygens (including phenoxy) is 1. The van der Waals surface area contributed by atoms with Gasteiger partial charge in [0.05, 0.1) is 5.92 Å². The predicted molar refractivity (Wildman–Crippen MR) is 45.3 cm³/mol. The highest BCUT2D eigenvalue weighted by Crippen LogP contribution is 2.12. The molecule has 0 aromatic heterocycles. The lowest BCUT2D eigenvalue weighted by Gasteiger charge is -2.21. The maximum absolute atomic E-state index is 11.2. The van der Waals surface area contributed by atoms with Crippen LogP contribution in [-0.2, 0) is 9.53 Å². The molecule has 0 bridgehead atoms. The Bertz CT molecular complexity index is 133. The highest BCUT2D eigenvalue weighted by Gasteiger charge is 2.19. The largest absolute Gasteiger partial charge is 0.460 e. The second-order valence-electron chi connectivity index (χ2n) is 3.84. The van der Waals surface area contributed by atoms with Crippen LogP contribution in [0.3, 0.4) is 0 Å². The number of carbonyl (C=O) groups is 1. The molecule has 0 rings (SSSR count). The van der Waals surface area contributed by atoms with Crippen LogP contribution >= 0.6 is 0 Å². The minimum Gasteiger partial charge on any atom is -0.460 e. The first kappa shape index (κ1) is 10.5. The van der Waals surface area contributed by atoms with E-state index in [9.17, 15) is 4.79 Å². The molecule has 1 atom stereocenters. The molecule has 2 nitrogen and oxygen atoms in total. The molecule has 0 fully saturated rings. The molecule has 2 heteroatoms. The number of carbonyl (C=O) groups excluding carboxylic acids is 1. The molecule has 66 valence electrons. The number of esters is 1. The van der Waals surface area contributed by atoms with E-state index in [1.165, 1.54) is 0 Å². The van der Waals surface area contributed by atoms with Crippen LogP contribution in [0.1, 0.15) is 41.0 Å². The zero-order valence-electron chi connectivity index (χ0n) is 8.10. The van der Waals surface area contributed by atoms with Gasteiger partial charge in [-0.3, -0.25) is 4.79 Å². The lowest BCUT2D eigenvalue weighted by molar-refractivity contribution is -0.159. The third-order valence-corrected chi connectivity index (χ3v) is 1.42. The summed E-state index contributed by atoms with van der Waals surface area (Å²) < 4.78 is 5.15. The van der Waals surface area contributed by atoms with Crippen LogP contribution in [0.5, 0.6) is 0 Å². The Balaban J connectivity index is 3.88. The quantitative estimate of drug-likeness (QED) is 0.577. The summed E-state index contributed by atoms with van der Waals surface area (Å²) in [6.45, 7) is 9.51. The summed E-state index contributed by atoms with van der Waals surface area (Å²) in [7, 11) is 0. The molecule has 0 unspecified atom stereocenters. The summed E-state index contributed by atoms with van der Waals surface area (Å²) in [6.07, 6.45) is 0.842. The van der Waals surface area contributed by atoms with Crippen molar-refractivity contribution in [2.45, 2.75) is 46.6 Å². The number of rotatable bonds is 2. The lowest BCUT2D eigenvalue weighted by atomic mass is 10.1. The van der Waals surface area contributed by atoms with E-state index in [0.717, 1.165) is 6.42 Å². The first-order valence-corrected chi connectivity index (χ1v) is 4.09. The van der Waals surface area contributed by atoms with Gasteiger partial charge in [0, 0.05) is 0 Å². The van der Waals surface area contributed by atoms with Crippen LogP contribution in [0.2, 0.25) is 0 Å². The van der Waals surface area contributed by atoms with Gasteiger partial charge in [-0.2, -0.15) is 0 Å². The molecule has 0 radical (unpaired) electrons. The van der Waals surface area contributed by atoms with Crippen molar-refractivity contribution in [3.8, 4) is 0 Å². The number of hydrogen-bond acceptors (Lipinski definition) is 2. The van der Waals surface area contributed by atoms with Crippen molar-refractivity contribution in [2.75, 3.05) is 0 Å². The Labute approximate surface area is 68.9 Å². The Morgan fingerprint density at radius 1 is 1.45 bits per heavy atom. The van der Waals surface area contributed by atoms with Crippen molar-refractivity contribution in [1.82, 2.24) is 0 Å². The highest BCUT2D eigenvalue weighted by atomic mass is 16.6. The van der Waals surface area contributed by atoms with E-state index in [4.69, 9.17) is 4.74 Å². The lowest BCUT2D eigenvalue weighted by Crippen LogP contribution is -2.27. The summed E-state index contributed by atoms with van der Waals surface area (Å²) in [4.78, 5) is 11.2. The average molecular weight is 158 g/mol. The fraction of sp³-hybridized carbons (Fsp3) is 0.889. The minimum atomic E-state index is -0.347. The highest BCUT2D eigenvalue weighted by molar-refractivity contribution is 5.72. The zero-order chi connectivity index (χ0) is 9.07. The molecule has 0 saturated heterocycles. The van der Waals surface area contributed by atoms with Crippen LogP contribution in [-0.4, -0.2) is 11.6 Å². The van der Waals surface area contributed by atoms with Crippen molar-refractivity contribution in [1.29, 1.82) is 0 Å². The van der Waals surface area contributed by atoms with Gasteiger partial charge < -0.3 is 4.74 Å². The first-order chi connectivity index (χ1) is 4.87. The van der Waals surface area contributed by atoms with Gasteiger partial charge in [0.15, 0.2) is 0 Å². The standard InChI is InChI=1S/C9H18O2/c1-6-7(2)8(10)11-9(3,4)5/h7H,6H2,1-5H3/t7-/m1/s1. The van der Waals surface area contributed by atoms with Crippen LogP contribution in [0.15, 0.2) is 0 Å². The Kier molecular flexibility index (Phi) is 3.56. The molecule has 0 aliphatic rings. The van der Waals surface area contributed by atoms with Gasteiger partial charge in [0.25, 0.3) is 0 Å². The predicted octanol–water partition coefficient (Wildman–Crippen LogP) is 2.37. The van der Waals surface area contributed by atoms with Gasteiger partial charge >= 0.3 is 5.97 Å². The molecule has 0 heterocycles. The minimum absolute atomic E-state index is 0.0224. The van der Waals surface area contributed by atoms with Gasteiger partial charge in [-0.1, -0.05) is 13.8 Å². The van der Waals surface area contributed by atoms with E-state index in [2.05, 4.69) is 0 Å². The van der Waals surface area contributed by atoms with Crippen molar-refractivity contribution in [2.24, 2.45) is 5.92 Å². The van der Waals surface area contributed by atoms with E-state index in [-0.39, 0.29) is 17.5 Å². The molecule has 11 heavy (non-hydrogen) atoms. The molecular formula is C9H18O2. The normalized spacial score (nSPS) is 14.3. The summed E-state index contributed by atoms with van der Waals surface area (Å²) in [5.74, 6) is -0.0748. The molecule has 0 spiro atoms. The Morgan fingerprint density at radius 2 is 1.91 bits per heavy atom. The van der Waals surface area contributed by atoms with E-state index in [0.29, 0.717) is 0 Å². The monoisotopic (exact) mass is 158 g/mol. The fourth-order valence-electron chi connectivity index (χ4n) is 0.569. The van der Waals surface area contributed by atoms with Crippen LogP contribution < -0.4 is 0 Å². The molecule has 0 amide bonds. The summed E-state index contributed by atoms with van der Waals surface area (Å²) in [5.41, 5.74) is -0.347. The smallest absolute Gasteiger partial charge is 0.309 e. The van der Waals surface area contributed by atoms with E-state index in [1.54, 1.807) is 0 Å². The van der Waals surface area contributed by atoms with Gasteiger partial charge in [-0.05, 0) is 27.2 Å². The van der Waals surface area contributed by atoms with Crippen molar-refractivity contribution >= 4 is 5.97 Å². The summed E-state index contributed by atoms with van der Waals surface area (Å²) in [5, 5.41) is 0. The Morgan fingerprint density at radius 3 is 2.18 bits per heavy atom. The summed E-state index contributed by atoms with van der Waals surface area (Å²) >= 11 is 0. The zero-order valence-corrected chi connectivity index (χ0v) is 8.10. The van der Waals surface area contributed by atoms with Gasteiger partial charge in [-0.25, -0.2) is 0 Å². The molecule has 0 N–H and O–H groups in total. The second-order valence-corrected chi connectivity index (χ2v) is 3.84. The average Bonchev–Trinajstić information content (AvgIpc) is 1.82. The molecule has 0 aliphatic heterocycles. The van der Waals surface area contributed by atoms with E-state index in [1.807, 2.05) is 34.6 Å². The third-order valence-electron chi connectivity index (χ3n) is 1.42. The summed E-state index contributed by atoms with van der Waals surface area (Å²) in [6, 6.07) is 0. The van der Waals surface area contributed by atoms with Crippen molar-refractivity contribution in [3.05, 3.63) is 0 Å². The van der Waals surface area contributed by atoms with Gasteiger partial charge in [0.1, 0.15) is 5.60 Å². The van der Waals surface area contributed by atoms with Crippen LogP contribution in [0, 0.1) is 5.92 Å². The topological polar surface area (TPSA) is 26.3 Å². The maximum atomic E-state index is 11.2. The van der Waals surface area contributed by atoms with E-state index >= 15 is 0 Å². The molecule has 0 aliphatic carbocycles. The van der Waals surface area contributed by atoms with Gasteiger partial charge in [-0.15, -0.1) is 0 Å². The SMILES string of the molecule is CC[C@@H](C)C(=O)OC(C)(C)C. The molecular weight excluding hydrogens is 140 g/mol. The molecule has 0 saturated carbocycles. The van der Waals surface area contributed by atoms with Crippen molar-refractivity contribution in [3.63, 3.8) is 0 Å². The first-order valence-electron chi connectivity index (χ1n) is 4.09. The fourth-order valence-corrected chi connectivity index (χ4v) is 0.569. The van der Waals surface area contributed by atoms with Crippen LogP contribution in [0.4, 0.5) is 0 Å². The molecule has 0 aromatic rings. The van der Waals surface area contributed by atoms with E-state index < -0.39 is 0 Å². The molecule has 0 aromatic carbocycles. The van der Waals surface area contributed by atoms with Gasteiger partial charge in [0.2, 0.25) is 0 Å². The Hall–Kier alpha value is -0.530. The third kappa shape index (κ3) is 4.82. The van der Waals surface area contributed by atoms with Crippen molar-refractivity contribution < 1.29 is 9.53 Å². The number of hydrogen-bond donors (Lipinski definition) is 0. The maximum Gasteiger partial charge on any atom is 0.309 e.